The van der Waals surface area contributed by atoms with E-state index in [-0.39, 0.29) is 5.92 Å². The summed E-state index contributed by atoms with van der Waals surface area (Å²) in [6, 6.07) is 0. The normalized spacial score (nSPS) is 17.7. The number of ether oxygens (including phenoxy) is 1. The van der Waals surface area contributed by atoms with Gasteiger partial charge in [-0.05, 0) is 33.1 Å². The van der Waals surface area contributed by atoms with Crippen molar-refractivity contribution in [3.63, 3.8) is 0 Å². The van der Waals surface area contributed by atoms with Crippen LogP contribution in [-0.2, 0) is 9.53 Å². The molecule has 1 amide bonds. The van der Waals surface area contributed by atoms with Crippen LogP contribution in [0.15, 0.2) is 0 Å². The van der Waals surface area contributed by atoms with Crippen LogP contribution in [0.1, 0.15) is 40.0 Å². The number of carbonyl (C=O) groups excluding carboxylic acids is 2. The highest BCUT2D eigenvalue weighted by molar-refractivity contribution is 5.68. The molecule has 0 aromatic heterocycles. The molecule has 0 unspecified atom stereocenters. The molecule has 1 aliphatic carbocycles. The van der Waals surface area contributed by atoms with Crippen molar-refractivity contribution < 1.29 is 14.3 Å². The van der Waals surface area contributed by atoms with Gasteiger partial charge in [0, 0.05) is 12.5 Å². The van der Waals surface area contributed by atoms with Crippen molar-refractivity contribution in [2.45, 2.75) is 45.6 Å². The Morgan fingerprint density at radius 1 is 1.50 bits per heavy atom. The van der Waals surface area contributed by atoms with Crippen molar-refractivity contribution in [2.24, 2.45) is 11.8 Å². The Hall–Kier alpha value is -1.06. The largest absolute Gasteiger partial charge is 0.444 e. The molecule has 1 aliphatic rings. The summed E-state index contributed by atoms with van der Waals surface area (Å²) in [4.78, 5) is 22.1. The van der Waals surface area contributed by atoms with Crippen LogP contribution >= 0.6 is 0 Å². The molecule has 1 atom stereocenters. The van der Waals surface area contributed by atoms with E-state index in [0.29, 0.717) is 12.5 Å². The van der Waals surface area contributed by atoms with Gasteiger partial charge in [0.25, 0.3) is 0 Å². The Bertz CT molecular complexity index is 253. The van der Waals surface area contributed by atoms with Crippen molar-refractivity contribution in [1.82, 2.24) is 5.32 Å². The first-order chi connectivity index (χ1) is 7.40. The van der Waals surface area contributed by atoms with E-state index < -0.39 is 11.7 Å². The molecule has 0 spiro atoms. The van der Waals surface area contributed by atoms with E-state index in [9.17, 15) is 9.59 Å². The van der Waals surface area contributed by atoms with E-state index in [1.165, 1.54) is 12.8 Å². The lowest BCUT2D eigenvalue weighted by molar-refractivity contribution is -0.111. The van der Waals surface area contributed by atoms with Gasteiger partial charge in [-0.1, -0.05) is 12.8 Å². The highest BCUT2D eigenvalue weighted by Crippen LogP contribution is 2.34. The molecule has 1 rings (SSSR count). The maximum atomic E-state index is 11.3. The average Bonchev–Trinajstić information content (AvgIpc) is 2.92. The number of amides is 1. The number of rotatable bonds is 5. The summed E-state index contributed by atoms with van der Waals surface area (Å²) in [6.45, 7) is 5.82. The molecule has 0 aliphatic heterocycles. The molecular weight excluding hydrogens is 206 g/mol. The van der Waals surface area contributed by atoms with Crippen LogP contribution in [0.4, 0.5) is 4.79 Å². The maximum Gasteiger partial charge on any atom is 0.407 e. The Morgan fingerprint density at radius 2 is 2.12 bits per heavy atom. The van der Waals surface area contributed by atoms with E-state index in [1.54, 1.807) is 0 Å². The lowest BCUT2D eigenvalue weighted by atomic mass is 10.0. The molecule has 16 heavy (non-hydrogen) atoms. The summed E-state index contributed by atoms with van der Waals surface area (Å²) in [5.74, 6) is 0.621. The van der Waals surface area contributed by atoms with Crippen LogP contribution in [-0.4, -0.2) is 24.5 Å². The average molecular weight is 227 g/mol. The van der Waals surface area contributed by atoms with Crippen LogP contribution in [0.3, 0.4) is 0 Å². The van der Waals surface area contributed by atoms with Crippen molar-refractivity contribution in [3.05, 3.63) is 0 Å². The summed E-state index contributed by atoms with van der Waals surface area (Å²) < 4.78 is 5.09. The zero-order valence-corrected chi connectivity index (χ0v) is 10.3. The molecule has 1 fully saturated rings. The molecule has 0 heterocycles. The number of carbonyl (C=O) groups is 2. The second-order valence-electron chi connectivity index (χ2n) is 5.46. The van der Waals surface area contributed by atoms with Gasteiger partial charge in [-0.3, -0.25) is 0 Å². The molecule has 1 saturated carbocycles. The van der Waals surface area contributed by atoms with Gasteiger partial charge < -0.3 is 14.8 Å². The zero-order chi connectivity index (χ0) is 12.2. The van der Waals surface area contributed by atoms with E-state index >= 15 is 0 Å². The molecule has 92 valence electrons. The number of hydrogen-bond donors (Lipinski definition) is 1. The second-order valence-corrected chi connectivity index (χ2v) is 5.46. The van der Waals surface area contributed by atoms with Crippen molar-refractivity contribution in [1.29, 1.82) is 0 Å². The van der Waals surface area contributed by atoms with Crippen LogP contribution < -0.4 is 5.32 Å². The summed E-state index contributed by atoms with van der Waals surface area (Å²) in [7, 11) is 0. The lowest BCUT2D eigenvalue weighted by Crippen LogP contribution is -2.35. The van der Waals surface area contributed by atoms with Crippen molar-refractivity contribution in [2.75, 3.05) is 6.54 Å². The minimum Gasteiger partial charge on any atom is -0.444 e. The third kappa shape index (κ3) is 5.73. The van der Waals surface area contributed by atoms with Gasteiger partial charge in [0.15, 0.2) is 0 Å². The summed E-state index contributed by atoms with van der Waals surface area (Å²) in [5.41, 5.74) is -0.489. The molecule has 0 radical (unpaired) electrons. The van der Waals surface area contributed by atoms with Gasteiger partial charge >= 0.3 is 6.09 Å². The summed E-state index contributed by atoms with van der Waals surface area (Å²) in [5, 5.41) is 2.63. The van der Waals surface area contributed by atoms with E-state index in [2.05, 4.69) is 5.32 Å². The van der Waals surface area contributed by atoms with Crippen LogP contribution in [0.25, 0.3) is 0 Å². The first kappa shape index (κ1) is 13.0. The molecule has 0 aromatic carbocycles. The molecule has 0 bridgehead atoms. The predicted octanol–water partition coefficient (Wildman–Crippen LogP) is 2.13. The van der Waals surface area contributed by atoms with Gasteiger partial charge in [0.2, 0.25) is 0 Å². The van der Waals surface area contributed by atoms with Crippen LogP contribution in [0.2, 0.25) is 0 Å². The highest BCUT2D eigenvalue weighted by Gasteiger charge is 2.25. The number of nitrogens with one attached hydrogen (secondary N) is 1. The number of aldehydes is 1. The van der Waals surface area contributed by atoms with E-state index in [4.69, 9.17) is 4.74 Å². The standard InChI is InChI=1S/C12H21NO3/c1-12(2,3)16-11(15)13-7-10(8-14)6-9-4-5-9/h8-10H,4-7H2,1-3H3,(H,13,15)/t10-/m0/s1. The first-order valence-corrected chi connectivity index (χ1v) is 5.83. The Kier molecular flexibility index (Phi) is 4.33. The third-order valence-corrected chi connectivity index (χ3v) is 2.43. The van der Waals surface area contributed by atoms with Crippen molar-refractivity contribution in [3.8, 4) is 0 Å². The third-order valence-electron chi connectivity index (χ3n) is 2.43. The van der Waals surface area contributed by atoms with Crippen molar-refractivity contribution >= 4 is 12.4 Å². The summed E-state index contributed by atoms with van der Waals surface area (Å²) in [6.07, 6.45) is 3.80. The SMILES string of the molecule is CC(C)(C)OC(=O)NC[C@@H](C=O)CC1CC1. The van der Waals surface area contributed by atoms with Crippen LogP contribution in [0.5, 0.6) is 0 Å². The Balaban J connectivity index is 2.20. The fraction of sp³-hybridized carbons (Fsp3) is 0.833. The Labute approximate surface area is 96.7 Å². The van der Waals surface area contributed by atoms with Gasteiger partial charge in [0.1, 0.15) is 11.9 Å². The van der Waals surface area contributed by atoms with Gasteiger partial charge in [-0.25, -0.2) is 4.79 Å². The Morgan fingerprint density at radius 3 is 2.56 bits per heavy atom. The van der Waals surface area contributed by atoms with Gasteiger partial charge in [0.05, 0.1) is 0 Å². The number of hydrogen-bond acceptors (Lipinski definition) is 3. The van der Waals surface area contributed by atoms with Gasteiger partial charge in [-0.15, -0.1) is 0 Å². The number of alkyl carbamates (subject to hydrolysis) is 1. The smallest absolute Gasteiger partial charge is 0.407 e. The quantitative estimate of drug-likeness (QED) is 0.732. The molecular formula is C12H21NO3. The summed E-state index contributed by atoms with van der Waals surface area (Å²) >= 11 is 0. The van der Waals surface area contributed by atoms with E-state index in [1.807, 2.05) is 20.8 Å². The fourth-order valence-corrected chi connectivity index (χ4v) is 1.50. The molecule has 4 nitrogen and oxygen atoms in total. The molecule has 0 saturated heterocycles. The minimum absolute atomic E-state index is 0.0694. The highest BCUT2D eigenvalue weighted by atomic mass is 16.6. The molecule has 0 aromatic rings. The minimum atomic E-state index is -0.489. The monoisotopic (exact) mass is 227 g/mol. The fourth-order valence-electron chi connectivity index (χ4n) is 1.50. The predicted molar refractivity (Wildman–Crippen MR) is 61.1 cm³/mol. The topological polar surface area (TPSA) is 55.4 Å². The molecule has 4 heteroatoms. The lowest BCUT2D eigenvalue weighted by Gasteiger charge is -2.20. The van der Waals surface area contributed by atoms with Gasteiger partial charge in [-0.2, -0.15) is 0 Å². The van der Waals surface area contributed by atoms with Crippen LogP contribution in [0, 0.1) is 11.8 Å². The first-order valence-electron chi connectivity index (χ1n) is 5.83. The van der Waals surface area contributed by atoms with E-state index in [0.717, 1.165) is 12.7 Å². The zero-order valence-electron chi connectivity index (χ0n) is 10.3. The second kappa shape index (κ2) is 5.32. The molecule has 1 N–H and O–H groups in total. The maximum absolute atomic E-state index is 11.3.